The third kappa shape index (κ3) is 4.58. The van der Waals surface area contributed by atoms with Crippen LogP contribution >= 0.6 is 11.8 Å². The fourth-order valence-electron chi connectivity index (χ4n) is 2.10. The fourth-order valence-corrected chi connectivity index (χ4v) is 2.91. The zero-order valence-electron chi connectivity index (χ0n) is 14.2. The number of para-hydroxylation sites is 1. The molecule has 2 amide bonds. The van der Waals surface area contributed by atoms with E-state index in [0.29, 0.717) is 5.16 Å². The van der Waals surface area contributed by atoms with Crippen LogP contribution in [0, 0.1) is 13.8 Å². The van der Waals surface area contributed by atoms with Crippen LogP contribution in [0.15, 0.2) is 29.7 Å². The summed E-state index contributed by atoms with van der Waals surface area (Å²) in [7, 11) is 1.81. The van der Waals surface area contributed by atoms with Gasteiger partial charge in [-0.2, -0.15) is 0 Å². The summed E-state index contributed by atoms with van der Waals surface area (Å²) in [4.78, 5) is 24.2. The molecule has 2 rings (SSSR count). The Hall–Kier alpha value is -2.35. The molecule has 7 nitrogen and oxygen atoms in total. The average Bonchev–Trinajstić information content (AvgIpc) is 2.93. The first-order valence-corrected chi connectivity index (χ1v) is 8.41. The SMILES string of the molecule is Cc1cccc(C)c1NC(=O)CNC(=O)[C@@H](C)Sc1nncn1C. The quantitative estimate of drug-likeness (QED) is 0.776. The number of anilines is 1. The van der Waals surface area contributed by atoms with Crippen molar-refractivity contribution >= 4 is 29.3 Å². The number of thioether (sulfide) groups is 1. The zero-order chi connectivity index (χ0) is 17.7. The molecule has 0 aliphatic rings. The van der Waals surface area contributed by atoms with E-state index in [9.17, 15) is 9.59 Å². The maximum atomic E-state index is 12.1. The van der Waals surface area contributed by atoms with Crippen LogP contribution in [-0.2, 0) is 16.6 Å². The molecule has 0 saturated carbocycles. The van der Waals surface area contributed by atoms with Crippen molar-refractivity contribution in [1.82, 2.24) is 20.1 Å². The number of aryl methyl sites for hydroxylation is 3. The van der Waals surface area contributed by atoms with Gasteiger partial charge in [-0.15, -0.1) is 10.2 Å². The molecular formula is C16H21N5O2S. The van der Waals surface area contributed by atoms with Gasteiger partial charge in [-0.1, -0.05) is 30.0 Å². The molecule has 0 aliphatic heterocycles. The van der Waals surface area contributed by atoms with Crippen molar-refractivity contribution in [2.75, 3.05) is 11.9 Å². The van der Waals surface area contributed by atoms with Crippen LogP contribution in [0.3, 0.4) is 0 Å². The molecule has 1 atom stereocenters. The Bertz CT molecular complexity index is 724. The van der Waals surface area contributed by atoms with E-state index in [-0.39, 0.29) is 23.6 Å². The molecule has 0 unspecified atom stereocenters. The van der Waals surface area contributed by atoms with Crippen molar-refractivity contribution in [2.24, 2.45) is 7.05 Å². The van der Waals surface area contributed by atoms with E-state index >= 15 is 0 Å². The van der Waals surface area contributed by atoms with Gasteiger partial charge in [0.2, 0.25) is 11.8 Å². The second kappa shape index (κ2) is 7.96. The van der Waals surface area contributed by atoms with Crippen molar-refractivity contribution in [2.45, 2.75) is 31.2 Å². The van der Waals surface area contributed by atoms with Crippen molar-refractivity contribution in [3.63, 3.8) is 0 Å². The third-order valence-electron chi connectivity index (χ3n) is 3.49. The van der Waals surface area contributed by atoms with Crippen LogP contribution in [0.2, 0.25) is 0 Å². The third-order valence-corrected chi connectivity index (χ3v) is 4.64. The van der Waals surface area contributed by atoms with Gasteiger partial charge < -0.3 is 15.2 Å². The molecule has 0 bridgehead atoms. The summed E-state index contributed by atoms with van der Waals surface area (Å²) in [6.07, 6.45) is 1.57. The van der Waals surface area contributed by atoms with E-state index < -0.39 is 0 Å². The molecular weight excluding hydrogens is 326 g/mol. The first kappa shape index (κ1) is 18.0. The predicted octanol–water partition coefficient (Wildman–Crippen LogP) is 1.67. The average molecular weight is 347 g/mol. The summed E-state index contributed by atoms with van der Waals surface area (Å²) in [5.74, 6) is -0.476. The van der Waals surface area contributed by atoms with E-state index in [2.05, 4.69) is 20.8 Å². The number of nitrogens with one attached hydrogen (secondary N) is 2. The van der Waals surface area contributed by atoms with Crippen LogP contribution in [0.4, 0.5) is 5.69 Å². The summed E-state index contributed by atoms with van der Waals surface area (Å²) in [5, 5.41) is 13.5. The predicted molar refractivity (Wildman–Crippen MR) is 93.9 cm³/mol. The van der Waals surface area contributed by atoms with E-state index in [4.69, 9.17) is 0 Å². The van der Waals surface area contributed by atoms with Gasteiger partial charge in [0.25, 0.3) is 0 Å². The number of nitrogens with zero attached hydrogens (tertiary/aromatic N) is 3. The van der Waals surface area contributed by atoms with Gasteiger partial charge in [0, 0.05) is 12.7 Å². The summed E-state index contributed by atoms with van der Waals surface area (Å²) < 4.78 is 1.74. The minimum Gasteiger partial charge on any atom is -0.346 e. The lowest BCUT2D eigenvalue weighted by Crippen LogP contribution is -2.37. The molecule has 1 aromatic heterocycles. The van der Waals surface area contributed by atoms with E-state index in [1.54, 1.807) is 17.8 Å². The van der Waals surface area contributed by atoms with E-state index in [1.165, 1.54) is 11.8 Å². The number of rotatable bonds is 6. The van der Waals surface area contributed by atoms with Gasteiger partial charge in [-0.25, -0.2) is 0 Å². The number of carbonyl (C=O) groups excluding carboxylic acids is 2. The molecule has 24 heavy (non-hydrogen) atoms. The van der Waals surface area contributed by atoms with Crippen molar-refractivity contribution in [3.05, 3.63) is 35.7 Å². The minimum atomic E-state index is -0.374. The molecule has 0 spiro atoms. The number of hydrogen-bond acceptors (Lipinski definition) is 5. The Morgan fingerprint density at radius 3 is 2.54 bits per heavy atom. The molecule has 2 N–H and O–H groups in total. The maximum Gasteiger partial charge on any atom is 0.243 e. The number of aromatic nitrogens is 3. The molecule has 1 aromatic carbocycles. The van der Waals surface area contributed by atoms with Crippen LogP contribution in [0.5, 0.6) is 0 Å². The first-order chi connectivity index (χ1) is 11.4. The molecule has 0 fully saturated rings. The monoisotopic (exact) mass is 347 g/mol. The van der Waals surface area contributed by atoms with Crippen molar-refractivity contribution in [1.29, 1.82) is 0 Å². The molecule has 0 radical (unpaired) electrons. The summed E-state index contributed by atoms with van der Waals surface area (Å²) in [6, 6.07) is 5.80. The van der Waals surface area contributed by atoms with Gasteiger partial charge in [0.15, 0.2) is 5.16 Å². The van der Waals surface area contributed by atoms with Crippen LogP contribution in [0.25, 0.3) is 0 Å². The molecule has 8 heteroatoms. The van der Waals surface area contributed by atoms with Crippen molar-refractivity contribution < 1.29 is 9.59 Å². The Labute approximate surface area is 145 Å². The van der Waals surface area contributed by atoms with Gasteiger partial charge in [0.1, 0.15) is 6.33 Å². The normalized spacial score (nSPS) is 11.8. The van der Waals surface area contributed by atoms with E-state index in [1.807, 2.05) is 39.1 Å². The highest BCUT2D eigenvalue weighted by atomic mass is 32.2. The maximum absolute atomic E-state index is 12.1. The topological polar surface area (TPSA) is 88.9 Å². The van der Waals surface area contributed by atoms with Gasteiger partial charge in [-0.05, 0) is 31.9 Å². The summed E-state index contributed by atoms with van der Waals surface area (Å²) >= 11 is 1.29. The number of benzene rings is 1. The van der Waals surface area contributed by atoms with Crippen LogP contribution in [0.1, 0.15) is 18.1 Å². The zero-order valence-corrected chi connectivity index (χ0v) is 15.0. The Balaban J connectivity index is 1.85. The second-order valence-electron chi connectivity index (χ2n) is 5.52. The van der Waals surface area contributed by atoms with E-state index in [0.717, 1.165) is 16.8 Å². The summed E-state index contributed by atoms with van der Waals surface area (Å²) in [5.41, 5.74) is 2.76. The Kier molecular flexibility index (Phi) is 5.97. The second-order valence-corrected chi connectivity index (χ2v) is 6.83. The number of amides is 2. The van der Waals surface area contributed by atoms with Crippen LogP contribution < -0.4 is 10.6 Å². The van der Waals surface area contributed by atoms with Gasteiger partial charge in [-0.3, -0.25) is 9.59 Å². The lowest BCUT2D eigenvalue weighted by atomic mass is 10.1. The molecule has 0 aliphatic carbocycles. The molecule has 2 aromatic rings. The largest absolute Gasteiger partial charge is 0.346 e. The minimum absolute atomic E-state index is 0.0731. The van der Waals surface area contributed by atoms with Crippen molar-refractivity contribution in [3.8, 4) is 0 Å². The Morgan fingerprint density at radius 1 is 1.29 bits per heavy atom. The summed E-state index contributed by atoms with van der Waals surface area (Å²) in [6.45, 7) is 5.55. The fraction of sp³-hybridized carbons (Fsp3) is 0.375. The highest BCUT2D eigenvalue weighted by Gasteiger charge is 2.18. The molecule has 128 valence electrons. The highest BCUT2D eigenvalue weighted by molar-refractivity contribution is 8.00. The molecule has 1 heterocycles. The standard InChI is InChI=1S/C16H21N5O2S/c1-10-6-5-7-11(2)14(10)19-13(22)8-17-15(23)12(3)24-16-20-18-9-21(16)4/h5-7,9,12H,8H2,1-4H3,(H,17,23)(H,19,22)/t12-/m1/s1. The van der Waals surface area contributed by atoms with Gasteiger partial charge >= 0.3 is 0 Å². The number of carbonyl (C=O) groups is 2. The smallest absolute Gasteiger partial charge is 0.243 e. The first-order valence-electron chi connectivity index (χ1n) is 7.53. The van der Waals surface area contributed by atoms with Crippen LogP contribution in [-0.4, -0.2) is 38.4 Å². The van der Waals surface area contributed by atoms with Gasteiger partial charge in [0.05, 0.1) is 11.8 Å². The molecule has 0 saturated heterocycles. The number of hydrogen-bond donors (Lipinski definition) is 2. The lowest BCUT2D eigenvalue weighted by Gasteiger charge is -2.13. The lowest BCUT2D eigenvalue weighted by molar-refractivity contribution is -0.123. The highest BCUT2D eigenvalue weighted by Crippen LogP contribution is 2.20. The Morgan fingerprint density at radius 2 is 1.96 bits per heavy atom.